The second kappa shape index (κ2) is 9.16. The van der Waals surface area contributed by atoms with Crippen LogP contribution in [0.4, 0.5) is 4.79 Å². The molecular weight excluding hydrogens is 374 g/mol. The van der Waals surface area contributed by atoms with Crippen molar-refractivity contribution in [3.63, 3.8) is 0 Å². The maximum atomic E-state index is 13.1. The minimum absolute atomic E-state index is 0.103. The van der Waals surface area contributed by atoms with Crippen LogP contribution in [-0.2, 0) is 13.1 Å². The molecule has 0 aliphatic heterocycles. The molecule has 0 radical (unpaired) electrons. The lowest BCUT2D eigenvalue weighted by Gasteiger charge is -2.34. The lowest BCUT2D eigenvalue weighted by atomic mass is 9.94. The molecule has 5 heteroatoms. The summed E-state index contributed by atoms with van der Waals surface area (Å²) in [6, 6.07) is 17.9. The number of benzene rings is 2. The standard InChI is InChI=1S/C25H29N3O2/c1-18-12-13-20-15-21(24(29)27-23(20)14-18)17-28(22-10-6-3-7-11-22)25(30)26-16-19-8-4-2-5-9-19/h2,4-5,8-9,12-15,22H,3,6-7,10-11,16-17H2,1H3,(H,26,30)(H,27,29). The Morgan fingerprint density at radius 1 is 1.07 bits per heavy atom. The molecule has 0 atom stereocenters. The zero-order valence-corrected chi connectivity index (χ0v) is 17.5. The van der Waals surface area contributed by atoms with Crippen molar-refractivity contribution in [3.8, 4) is 0 Å². The van der Waals surface area contributed by atoms with Crippen LogP contribution in [0.15, 0.2) is 59.4 Å². The smallest absolute Gasteiger partial charge is 0.318 e. The Kier molecular flexibility index (Phi) is 6.17. The number of hydrogen-bond acceptors (Lipinski definition) is 2. The van der Waals surface area contributed by atoms with E-state index < -0.39 is 0 Å². The second-order valence-corrected chi connectivity index (χ2v) is 8.28. The number of rotatable bonds is 5. The van der Waals surface area contributed by atoms with Crippen LogP contribution in [0.25, 0.3) is 10.9 Å². The van der Waals surface area contributed by atoms with Gasteiger partial charge >= 0.3 is 6.03 Å². The maximum absolute atomic E-state index is 13.1. The molecule has 4 rings (SSSR count). The van der Waals surface area contributed by atoms with Crippen molar-refractivity contribution in [2.75, 3.05) is 0 Å². The number of aromatic amines is 1. The molecule has 1 aromatic heterocycles. The summed E-state index contributed by atoms with van der Waals surface area (Å²) in [5.74, 6) is 0. The summed E-state index contributed by atoms with van der Waals surface area (Å²) in [5, 5.41) is 4.04. The van der Waals surface area contributed by atoms with Gasteiger partial charge in [-0.2, -0.15) is 0 Å². The summed E-state index contributed by atoms with van der Waals surface area (Å²) in [6.45, 7) is 2.81. The number of urea groups is 1. The highest BCUT2D eigenvalue weighted by molar-refractivity contribution is 5.80. The lowest BCUT2D eigenvalue weighted by molar-refractivity contribution is 0.150. The van der Waals surface area contributed by atoms with Crippen molar-refractivity contribution >= 4 is 16.9 Å². The Balaban J connectivity index is 1.57. The molecule has 1 aliphatic rings. The highest BCUT2D eigenvalue weighted by Gasteiger charge is 2.26. The molecule has 0 spiro atoms. The summed E-state index contributed by atoms with van der Waals surface area (Å²) in [5.41, 5.74) is 3.52. The minimum atomic E-state index is -0.121. The number of hydrogen-bond donors (Lipinski definition) is 2. The van der Waals surface area contributed by atoms with Gasteiger partial charge in [0.2, 0.25) is 0 Å². The number of aromatic nitrogens is 1. The molecule has 5 nitrogen and oxygen atoms in total. The summed E-state index contributed by atoms with van der Waals surface area (Å²) in [4.78, 5) is 30.8. The van der Waals surface area contributed by atoms with Crippen LogP contribution in [0.3, 0.4) is 0 Å². The third kappa shape index (κ3) is 4.73. The first-order chi connectivity index (χ1) is 14.6. The van der Waals surface area contributed by atoms with E-state index in [1.54, 1.807) is 0 Å². The molecule has 1 fully saturated rings. The van der Waals surface area contributed by atoms with Crippen molar-refractivity contribution in [1.82, 2.24) is 15.2 Å². The van der Waals surface area contributed by atoms with Gasteiger partial charge in [0.05, 0.1) is 6.54 Å². The predicted molar refractivity (Wildman–Crippen MR) is 120 cm³/mol. The zero-order valence-electron chi connectivity index (χ0n) is 17.5. The first-order valence-corrected chi connectivity index (χ1v) is 10.8. The van der Waals surface area contributed by atoms with Crippen LogP contribution in [-0.4, -0.2) is 22.0 Å². The molecule has 0 unspecified atom stereocenters. The number of nitrogens with one attached hydrogen (secondary N) is 2. The second-order valence-electron chi connectivity index (χ2n) is 8.28. The van der Waals surface area contributed by atoms with E-state index in [2.05, 4.69) is 10.3 Å². The van der Waals surface area contributed by atoms with Crippen LogP contribution in [0, 0.1) is 6.92 Å². The molecule has 2 amide bonds. The minimum Gasteiger partial charge on any atom is -0.334 e. The average molecular weight is 404 g/mol. The third-order valence-corrected chi connectivity index (χ3v) is 5.98. The number of carbonyl (C=O) groups excluding carboxylic acids is 1. The van der Waals surface area contributed by atoms with Crippen LogP contribution < -0.4 is 10.9 Å². The van der Waals surface area contributed by atoms with Gasteiger partial charge in [-0.1, -0.05) is 61.7 Å². The molecule has 156 valence electrons. The fourth-order valence-corrected chi connectivity index (χ4v) is 4.30. The van der Waals surface area contributed by atoms with Gasteiger partial charge in [-0.3, -0.25) is 4.79 Å². The van der Waals surface area contributed by atoms with Crippen LogP contribution in [0.5, 0.6) is 0 Å². The highest BCUT2D eigenvalue weighted by Crippen LogP contribution is 2.24. The number of carbonyl (C=O) groups is 1. The number of fused-ring (bicyclic) bond motifs is 1. The molecule has 0 saturated heterocycles. The van der Waals surface area contributed by atoms with E-state index in [4.69, 9.17) is 0 Å². The Labute approximate surface area is 177 Å². The fraction of sp³-hybridized carbons (Fsp3) is 0.360. The summed E-state index contributed by atoms with van der Waals surface area (Å²) >= 11 is 0. The molecule has 2 N–H and O–H groups in total. The van der Waals surface area contributed by atoms with Gasteiger partial charge in [-0.05, 0) is 48.4 Å². The van der Waals surface area contributed by atoms with Crippen LogP contribution >= 0.6 is 0 Å². The normalized spacial score (nSPS) is 14.6. The van der Waals surface area contributed by atoms with Crippen molar-refractivity contribution in [3.05, 3.63) is 81.6 Å². The van der Waals surface area contributed by atoms with E-state index in [9.17, 15) is 9.59 Å². The molecule has 0 bridgehead atoms. The van der Waals surface area contributed by atoms with Crippen LogP contribution in [0.2, 0.25) is 0 Å². The van der Waals surface area contributed by atoms with Gasteiger partial charge in [0.15, 0.2) is 0 Å². The average Bonchev–Trinajstić information content (AvgIpc) is 2.77. The third-order valence-electron chi connectivity index (χ3n) is 5.98. The highest BCUT2D eigenvalue weighted by atomic mass is 16.2. The van der Waals surface area contributed by atoms with Gasteiger partial charge in [0, 0.05) is 23.7 Å². The van der Waals surface area contributed by atoms with Gasteiger partial charge in [0.1, 0.15) is 0 Å². The Morgan fingerprint density at radius 2 is 1.83 bits per heavy atom. The van der Waals surface area contributed by atoms with Crippen LogP contribution in [0.1, 0.15) is 48.8 Å². The number of nitrogens with zero attached hydrogens (tertiary/aromatic N) is 1. The van der Waals surface area contributed by atoms with E-state index >= 15 is 0 Å². The van der Waals surface area contributed by atoms with E-state index in [1.807, 2.05) is 66.4 Å². The van der Waals surface area contributed by atoms with Gasteiger partial charge in [0.25, 0.3) is 5.56 Å². The Morgan fingerprint density at radius 3 is 2.60 bits per heavy atom. The SMILES string of the molecule is Cc1ccc2cc(CN(C(=O)NCc3ccccc3)C3CCCCC3)c(=O)[nH]c2c1. The molecule has 3 aromatic rings. The van der Waals surface area contributed by atoms with E-state index in [0.717, 1.165) is 47.7 Å². The molecule has 1 aliphatic carbocycles. The van der Waals surface area contributed by atoms with Crippen molar-refractivity contribution in [2.45, 2.75) is 58.2 Å². The molecule has 30 heavy (non-hydrogen) atoms. The van der Waals surface area contributed by atoms with Gasteiger partial charge in [-0.15, -0.1) is 0 Å². The largest absolute Gasteiger partial charge is 0.334 e. The summed E-state index contributed by atoms with van der Waals surface area (Å²) in [7, 11) is 0. The molecule has 1 saturated carbocycles. The first-order valence-electron chi connectivity index (χ1n) is 10.8. The summed E-state index contributed by atoms with van der Waals surface area (Å²) in [6.07, 6.45) is 5.44. The maximum Gasteiger partial charge on any atom is 0.318 e. The number of H-pyrrole nitrogens is 1. The molecule has 1 heterocycles. The first kappa shape index (κ1) is 20.2. The van der Waals surface area contributed by atoms with Gasteiger partial charge < -0.3 is 15.2 Å². The molecular formula is C25H29N3O2. The lowest BCUT2D eigenvalue weighted by Crippen LogP contribution is -2.47. The fourth-order valence-electron chi connectivity index (χ4n) is 4.30. The quantitative estimate of drug-likeness (QED) is 0.638. The van der Waals surface area contributed by atoms with Crippen molar-refractivity contribution < 1.29 is 4.79 Å². The topological polar surface area (TPSA) is 65.2 Å². The van der Waals surface area contributed by atoms with E-state index in [-0.39, 0.29) is 17.6 Å². The molecule has 2 aromatic carbocycles. The predicted octanol–water partition coefficient (Wildman–Crippen LogP) is 4.88. The summed E-state index contributed by atoms with van der Waals surface area (Å²) < 4.78 is 0. The Bertz CT molecular complexity index is 1070. The number of pyridine rings is 1. The Hall–Kier alpha value is -3.08. The van der Waals surface area contributed by atoms with E-state index in [0.29, 0.717) is 18.7 Å². The van der Waals surface area contributed by atoms with Gasteiger partial charge in [-0.25, -0.2) is 4.79 Å². The number of amides is 2. The van der Waals surface area contributed by atoms with E-state index in [1.165, 1.54) is 6.42 Å². The van der Waals surface area contributed by atoms with Crippen molar-refractivity contribution in [1.29, 1.82) is 0 Å². The van der Waals surface area contributed by atoms with Crippen molar-refractivity contribution in [2.24, 2.45) is 0 Å². The zero-order chi connectivity index (χ0) is 20.9. The monoisotopic (exact) mass is 403 g/mol. The number of aryl methyl sites for hydroxylation is 1.